The molecule has 5 nitrogen and oxygen atoms in total. The van der Waals surface area contributed by atoms with Crippen LogP contribution in [0.15, 0.2) is 24.3 Å². The van der Waals surface area contributed by atoms with Gasteiger partial charge in [-0.25, -0.2) is 4.79 Å². The summed E-state index contributed by atoms with van der Waals surface area (Å²) in [5.41, 5.74) is 0.322. The van der Waals surface area contributed by atoms with Crippen molar-refractivity contribution in [1.29, 1.82) is 0 Å². The number of carboxylic acids is 1. The normalized spacial score (nSPS) is 23.1. The fourth-order valence-corrected chi connectivity index (χ4v) is 2.25. The average Bonchev–Trinajstić information content (AvgIpc) is 2.70. The lowest BCUT2D eigenvalue weighted by atomic mass is 10.1. The largest absolute Gasteiger partial charge is 0.480 e. The van der Waals surface area contributed by atoms with Crippen LogP contribution in [-0.4, -0.2) is 45.7 Å². The first-order valence-electron chi connectivity index (χ1n) is 5.46. The van der Waals surface area contributed by atoms with Gasteiger partial charge in [-0.1, -0.05) is 17.7 Å². The topological polar surface area (TPSA) is 77.8 Å². The van der Waals surface area contributed by atoms with Gasteiger partial charge in [0.25, 0.3) is 5.91 Å². The first kappa shape index (κ1) is 12.9. The molecule has 18 heavy (non-hydrogen) atoms. The summed E-state index contributed by atoms with van der Waals surface area (Å²) in [6.45, 7) is 0.0301. The van der Waals surface area contributed by atoms with Crippen molar-refractivity contribution in [2.24, 2.45) is 0 Å². The molecule has 1 fully saturated rings. The van der Waals surface area contributed by atoms with Gasteiger partial charge in [-0.15, -0.1) is 0 Å². The number of aliphatic hydroxyl groups is 1. The lowest BCUT2D eigenvalue weighted by molar-refractivity contribution is -0.141. The number of rotatable bonds is 2. The highest BCUT2D eigenvalue weighted by molar-refractivity contribution is 6.31. The maximum absolute atomic E-state index is 12.2. The number of benzene rings is 1. The highest BCUT2D eigenvalue weighted by Gasteiger charge is 2.39. The van der Waals surface area contributed by atoms with E-state index in [1.807, 2.05) is 0 Å². The van der Waals surface area contributed by atoms with Crippen molar-refractivity contribution in [1.82, 2.24) is 4.90 Å². The first-order valence-corrected chi connectivity index (χ1v) is 5.84. The highest BCUT2D eigenvalue weighted by Crippen LogP contribution is 2.22. The van der Waals surface area contributed by atoms with Crippen molar-refractivity contribution in [3.8, 4) is 0 Å². The van der Waals surface area contributed by atoms with Gasteiger partial charge in [0.15, 0.2) is 0 Å². The van der Waals surface area contributed by atoms with Gasteiger partial charge < -0.3 is 15.1 Å². The van der Waals surface area contributed by atoms with Crippen molar-refractivity contribution >= 4 is 23.5 Å². The second-order valence-electron chi connectivity index (χ2n) is 4.21. The quantitative estimate of drug-likeness (QED) is 0.840. The third-order valence-corrected chi connectivity index (χ3v) is 3.13. The van der Waals surface area contributed by atoms with E-state index in [1.54, 1.807) is 18.2 Å². The summed E-state index contributed by atoms with van der Waals surface area (Å²) in [4.78, 5) is 24.3. The molecule has 2 N–H and O–H groups in total. The third kappa shape index (κ3) is 2.47. The molecular weight excluding hydrogens is 258 g/mol. The van der Waals surface area contributed by atoms with Crippen LogP contribution in [0.25, 0.3) is 0 Å². The van der Waals surface area contributed by atoms with E-state index in [4.69, 9.17) is 16.7 Å². The SMILES string of the molecule is O=C(O)[C@@H]1C[C@H](O)CN1C(=O)c1cccc(Cl)c1. The van der Waals surface area contributed by atoms with Crippen LogP contribution in [0, 0.1) is 0 Å². The Bertz CT molecular complexity index is 491. The standard InChI is InChI=1S/C12H12ClNO4/c13-8-3-1-2-7(4-8)11(16)14-6-9(15)5-10(14)12(17)18/h1-4,9-10,15H,5-6H2,(H,17,18)/t9-,10-/m0/s1. The summed E-state index contributed by atoms with van der Waals surface area (Å²) in [5.74, 6) is -1.54. The zero-order chi connectivity index (χ0) is 13.3. The Morgan fingerprint density at radius 1 is 1.39 bits per heavy atom. The van der Waals surface area contributed by atoms with Crippen LogP contribution < -0.4 is 0 Å². The molecule has 0 spiro atoms. The van der Waals surface area contributed by atoms with Crippen molar-refractivity contribution < 1.29 is 19.8 Å². The zero-order valence-electron chi connectivity index (χ0n) is 9.41. The predicted octanol–water partition coefficient (Wildman–Crippen LogP) is 1.000. The van der Waals surface area contributed by atoms with Gasteiger partial charge in [-0.3, -0.25) is 4.79 Å². The van der Waals surface area contributed by atoms with Gasteiger partial charge in [-0.05, 0) is 18.2 Å². The van der Waals surface area contributed by atoms with Crippen LogP contribution in [0.4, 0.5) is 0 Å². The number of nitrogens with zero attached hydrogens (tertiary/aromatic N) is 1. The van der Waals surface area contributed by atoms with E-state index in [2.05, 4.69) is 0 Å². The lowest BCUT2D eigenvalue weighted by Crippen LogP contribution is -2.40. The van der Waals surface area contributed by atoms with Crippen molar-refractivity contribution in [3.05, 3.63) is 34.9 Å². The molecule has 96 valence electrons. The van der Waals surface area contributed by atoms with Crippen LogP contribution in [0.2, 0.25) is 5.02 Å². The van der Waals surface area contributed by atoms with E-state index in [0.29, 0.717) is 10.6 Å². The van der Waals surface area contributed by atoms with Gasteiger partial charge in [-0.2, -0.15) is 0 Å². The summed E-state index contributed by atoms with van der Waals surface area (Å²) in [5, 5.41) is 18.9. The Balaban J connectivity index is 2.25. The molecule has 0 saturated carbocycles. The number of amides is 1. The molecule has 1 amide bonds. The third-order valence-electron chi connectivity index (χ3n) is 2.90. The van der Waals surface area contributed by atoms with E-state index >= 15 is 0 Å². The van der Waals surface area contributed by atoms with Crippen LogP contribution in [0.5, 0.6) is 0 Å². The molecule has 1 aromatic rings. The molecule has 6 heteroatoms. The molecule has 1 aliphatic heterocycles. The molecule has 0 aromatic heterocycles. The number of carbonyl (C=O) groups excluding carboxylic acids is 1. The van der Waals surface area contributed by atoms with Gasteiger partial charge in [0.1, 0.15) is 6.04 Å². The highest BCUT2D eigenvalue weighted by atomic mass is 35.5. The van der Waals surface area contributed by atoms with Crippen molar-refractivity contribution in [2.45, 2.75) is 18.6 Å². The Labute approximate surface area is 109 Å². The predicted molar refractivity (Wildman–Crippen MR) is 64.5 cm³/mol. The fourth-order valence-electron chi connectivity index (χ4n) is 2.06. The molecule has 2 rings (SSSR count). The van der Waals surface area contributed by atoms with E-state index in [0.717, 1.165) is 0 Å². The minimum atomic E-state index is -1.11. The molecule has 0 bridgehead atoms. The molecule has 1 aromatic carbocycles. The number of aliphatic hydroxyl groups excluding tert-OH is 1. The molecule has 1 heterocycles. The number of carbonyl (C=O) groups is 2. The molecular formula is C12H12ClNO4. The van der Waals surface area contributed by atoms with Crippen LogP contribution in [-0.2, 0) is 4.79 Å². The second kappa shape index (κ2) is 4.96. The number of likely N-dealkylation sites (tertiary alicyclic amines) is 1. The van der Waals surface area contributed by atoms with E-state index in [1.165, 1.54) is 11.0 Å². The summed E-state index contributed by atoms with van der Waals surface area (Å²) < 4.78 is 0. The maximum atomic E-state index is 12.2. The minimum Gasteiger partial charge on any atom is -0.480 e. The number of β-amino-alcohol motifs (C(OH)–C–C–N with tert-alkyl or cyclic N) is 1. The van der Waals surface area contributed by atoms with Gasteiger partial charge in [0, 0.05) is 23.6 Å². The molecule has 1 saturated heterocycles. The Hall–Kier alpha value is -1.59. The Morgan fingerprint density at radius 3 is 2.72 bits per heavy atom. The lowest BCUT2D eigenvalue weighted by Gasteiger charge is -2.21. The van der Waals surface area contributed by atoms with Crippen LogP contribution in [0.1, 0.15) is 16.8 Å². The molecule has 0 radical (unpaired) electrons. The van der Waals surface area contributed by atoms with E-state index in [9.17, 15) is 14.7 Å². The van der Waals surface area contributed by atoms with E-state index < -0.39 is 24.0 Å². The Morgan fingerprint density at radius 2 is 2.11 bits per heavy atom. The number of carboxylic acid groups (broad SMARTS) is 1. The summed E-state index contributed by atoms with van der Waals surface area (Å²) >= 11 is 5.79. The smallest absolute Gasteiger partial charge is 0.326 e. The van der Waals surface area contributed by atoms with E-state index in [-0.39, 0.29) is 13.0 Å². The monoisotopic (exact) mass is 269 g/mol. The Kier molecular flexibility index (Phi) is 3.54. The fraction of sp³-hybridized carbons (Fsp3) is 0.333. The number of halogens is 1. The zero-order valence-corrected chi connectivity index (χ0v) is 10.2. The van der Waals surface area contributed by atoms with Gasteiger partial charge in [0.05, 0.1) is 6.10 Å². The number of hydrogen-bond donors (Lipinski definition) is 2. The molecule has 0 unspecified atom stereocenters. The maximum Gasteiger partial charge on any atom is 0.326 e. The summed E-state index contributed by atoms with van der Waals surface area (Å²) in [6.07, 6.45) is -0.740. The molecule has 2 atom stereocenters. The van der Waals surface area contributed by atoms with Crippen LogP contribution >= 0.6 is 11.6 Å². The molecule has 1 aliphatic rings. The number of hydrogen-bond acceptors (Lipinski definition) is 3. The van der Waals surface area contributed by atoms with Crippen molar-refractivity contribution in [2.75, 3.05) is 6.54 Å². The van der Waals surface area contributed by atoms with Gasteiger partial charge in [0.2, 0.25) is 0 Å². The molecule has 0 aliphatic carbocycles. The summed E-state index contributed by atoms with van der Waals surface area (Å²) in [6, 6.07) is 5.32. The van der Waals surface area contributed by atoms with Crippen LogP contribution in [0.3, 0.4) is 0 Å². The summed E-state index contributed by atoms with van der Waals surface area (Å²) in [7, 11) is 0. The number of aliphatic carboxylic acids is 1. The second-order valence-corrected chi connectivity index (χ2v) is 4.65. The first-order chi connectivity index (χ1) is 8.49. The van der Waals surface area contributed by atoms with Gasteiger partial charge >= 0.3 is 5.97 Å². The van der Waals surface area contributed by atoms with Crippen molar-refractivity contribution in [3.63, 3.8) is 0 Å². The average molecular weight is 270 g/mol. The minimum absolute atomic E-state index is 0.0301.